The predicted octanol–water partition coefficient (Wildman–Crippen LogP) is 3.17. The van der Waals surface area contributed by atoms with Crippen LogP contribution in [-0.2, 0) is 11.2 Å². The Balaban J connectivity index is 1.78. The first-order valence-electron chi connectivity index (χ1n) is 9.06. The molecule has 0 radical (unpaired) electrons. The number of carbonyl (C=O) groups excluding carboxylic acids is 2. The number of hydrogen-bond donors (Lipinski definition) is 1. The molecule has 1 aromatic heterocycles. The summed E-state index contributed by atoms with van der Waals surface area (Å²) in [5.41, 5.74) is -0.688. The van der Waals surface area contributed by atoms with Gasteiger partial charge in [-0.3, -0.25) is 19.7 Å². The van der Waals surface area contributed by atoms with Crippen molar-refractivity contribution in [3.8, 4) is 0 Å². The zero-order valence-electron chi connectivity index (χ0n) is 15.9. The predicted molar refractivity (Wildman–Crippen MR) is 114 cm³/mol. The van der Waals surface area contributed by atoms with Crippen LogP contribution >= 0.6 is 11.6 Å². The summed E-state index contributed by atoms with van der Waals surface area (Å²) >= 11 is 5.94. The highest BCUT2D eigenvalue weighted by Gasteiger charge is 2.40. The first-order valence-corrected chi connectivity index (χ1v) is 9.44. The van der Waals surface area contributed by atoms with Crippen molar-refractivity contribution in [1.29, 1.82) is 0 Å². The largest absolute Gasteiger partial charge is 0.465 e. The van der Waals surface area contributed by atoms with E-state index in [1.807, 2.05) is 0 Å². The molecule has 1 aliphatic heterocycles. The van der Waals surface area contributed by atoms with Gasteiger partial charge in [-0.15, -0.1) is 0 Å². The van der Waals surface area contributed by atoms with Gasteiger partial charge in [-0.2, -0.15) is 5.10 Å². The number of allylic oxidation sites excluding steroid dienone is 1. The van der Waals surface area contributed by atoms with Crippen LogP contribution in [0.2, 0.25) is 5.02 Å². The molecule has 0 spiro atoms. The summed E-state index contributed by atoms with van der Waals surface area (Å²) in [4.78, 5) is 42.7. The third kappa shape index (κ3) is 3.44. The van der Waals surface area contributed by atoms with Crippen LogP contribution in [0.3, 0.4) is 0 Å². The summed E-state index contributed by atoms with van der Waals surface area (Å²) in [6.07, 6.45) is 5.09. The number of benzene rings is 2. The number of nitrogens with one attached hydrogen (secondary N) is 1. The summed E-state index contributed by atoms with van der Waals surface area (Å²) in [7, 11) is 1.25. The minimum atomic E-state index is -1.28. The summed E-state index contributed by atoms with van der Waals surface area (Å²) in [6.45, 7) is 0. The Kier molecular flexibility index (Phi) is 5.05. The lowest BCUT2D eigenvalue weighted by atomic mass is 9.86. The number of rotatable bonds is 5. The molecule has 2 heterocycles. The van der Waals surface area contributed by atoms with Crippen LogP contribution in [0.15, 0.2) is 64.4 Å². The maximum atomic E-state index is 13.4. The van der Waals surface area contributed by atoms with Crippen molar-refractivity contribution in [3.05, 3.63) is 86.7 Å². The lowest BCUT2D eigenvalue weighted by Crippen LogP contribution is -2.39. The van der Waals surface area contributed by atoms with Crippen LogP contribution in [0.4, 0.5) is 0 Å². The minimum Gasteiger partial charge on any atom is -0.465 e. The molecule has 0 fully saturated rings. The van der Waals surface area contributed by atoms with E-state index in [0.29, 0.717) is 10.5 Å². The number of carbonyl (C=O) groups is 2. The fourth-order valence-corrected chi connectivity index (χ4v) is 3.51. The molecule has 0 amide bonds. The summed E-state index contributed by atoms with van der Waals surface area (Å²) < 4.78 is 4.70. The number of esters is 1. The van der Waals surface area contributed by atoms with Crippen molar-refractivity contribution in [2.24, 2.45) is 4.99 Å². The summed E-state index contributed by atoms with van der Waals surface area (Å²) in [6, 6.07) is 11.5. The van der Waals surface area contributed by atoms with Crippen molar-refractivity contribution in [3.63, 3.8) is 0 Å². The maximum absolute atomic E-state index is 13.4. The number of nitrogens with zero attached hydrogens (tertiary/aromatic N) is 2. The lowest BCUT2D eigenvalue weighted by molar-refractivity contribution is 0.0601. The Bertz CT molecular complexity index is 1260. The topological polar surface area (TPSA) is 101 Å². The van der Waals surface area contributed by atoms with Gasteiger partial charge in [0.25, 0.3) is 0 Å². The van der Waals surface area contributed by atoms with Crippen LogP contribution in [0, 0.1) is 0 Å². The van der Waals surface area contributed by atoms with Gasteiger partial charge in [-0.05, 0) is 48.0 Å². The average Bonchev–Trinajstić information content (AvgIpc) is 3.24. The number of halogens is 1. The molecule has 0 saturated carbocycles. The first-order chi connectivity index (χ1) is 14.4. The smallest absolute Gasteiger partial charge is 0.337 e. The monoisotopic (exact) mass is 421 g/mol. The minimum absolute atomic E-state index is 0.170. The standard InChI is InChI=1S/C22H16ClN3O4/c1-30-21(29)14-5-8-17-16(11-14)19(27)18(26-25-17)20(28)22(9-2-10-24-22)12-13-3-6-15(23)7-4-13/h2-11H,12H2,1H3,(H,25,27). The number of ether oxygens (including phenoxy) is 1. The van der Waals surface area contributed by atoms with Crippen molar-refractivity contribution < 1.29 is 14.3 Å². The SMILES string of the molecule is COC(=O)c1ccc2[nH]nc(C(=O)C3(Cc4ccc(Cl)cc4)C=CC=N3)c(=O)c2c1. The quantitative estimate of drug-likeness (QED) is 0.503. The number of ketones is 1. The van der Waals surface area contributed by atoms with E-state index in [0.717, 1.165) is 5.56 Å². The number of aliphatic imine (C=N–C) groups is 1. The molecular weight excluding hydrogens is 406 g/mol. The Hall–Kier alpha value is -3.58. The highest BCUT2D eigenvalue weighted by Crippen LogP contribution is 2.27. The number of hydrogen-bond acceptors (Lipinski definition) is 6. The van der Waals surface area contributed by atoms with E-state index in [1.165, 1.54) is 25.5 Å². The Morgan fingerprint density at radius 3 is 2.60 bits per heavy atom. The normalized spacial score (nSPS) is 17.4. The molecule has 1 unspecified atom stereocenters. The van der Waals surface area contributed by atoms with E-state index in [9.17, 15) is 14.4 Å². The van der Waals surface area contributed by atoms with Gasteiger partial charge >= 0.3 is 5.97 Å². The second-order valence-corrected chi connectivity index (χ2v) is 7.28. The fourth-order valence-electron chi connectivity index (χ4n) is 3.38. The average molecular weight is 422 g/mol. The molecule has 3 aromatic rings. The third-order valence-corrected chi connectivity index (χ3v) is 5.20. The Labute approximate surface area is 176 Å². The third-order valence-electron chi connectivity index (χ3n) is 4.95. The van der Waals surface area contributed by atoms with Crippen LogP contribution in [0.25, 0.3) is 10.9 Å². The molecule has 4 rings (SSSR count). The molecule has 150 valence electrons. The number of fused-ring (bicyclic) bond motifs is 1. The molecule has 7 nitrogen and oxygen atoms in total. The first kappa shape index (κ1) is 19.7. The van der Waals surface area contributed by atoms with Crippen molar-refractivity contribution >= 4 is 40.5 Å². The number of H-pyrrole nitrogens is 1. The van der Waals surface area contributed by atoms with Gasteiger partial charge in [0.15, 0.2) is 5.69 Å². The van der Waals surface area contributed by atoms with E-state index in [1.54, 1.807) is 42.5 Å². The maximum Gasteiger partial charge on any atom is 0.337 e. The van der Waals surface area contributed by atoms with Gasteiger partial charge in [0, 0.05) is 17.7 Å². The second kappa shape index (κ2) is 7.68. The zero-order chi connectivity index (χ0) is 21.3. The van der Waals surface area contributed by atoms with Crippen molar-refractivity contribution in [2.75, 3.05) is 7.11 Å². The van der Waals surface area contributed by atoms with Gasteiger partial charge in [0.2, 0.25) is 11.2 Å². The molecule has 2 aromatic carbocycles. The van der Waals surface area contributed by atoms with Crippen molar-refractivity contribution in [2.45, 2.75) is 12.0 Å². The number of aromatic amines is 1. The summed E-state index contributed by atoms with van der Waals surface area (Å²) in [5, 5.41) is 7.49. The fraction of sp³-hybridized carbons (Fsp3) is 0.136. The van der Waals surface area contributed by atoms with Gasteiger partial charge in [0.05, 0.1) is 23.6 Å². The second-order valence-electron chi connectivity index (χ2n) is 6.85. The number of methoxy groups -OCH3 is 1. The van der Waals surface area contributed by atoms with E-state index in [4.69, 9.17) is 16.3 Å². The molecule has 30 heavy (non-hydrogen) atoms. The van der Waals surface area contributed by atoms with E-state index < -0.39 is 22.7 Å². The van der Waals surface area contributed by atoms with Gasteiger partial charge in [-0.25, -0.2) is 4.79 Å². The molecule has 8 heteroatoms. The van der Waals surface area contributed by atoms with Crippen LogP contribution < -0.4 is 5.43 Å². The number of aromatic nitrogens is 2. The molecule has 0 aliphatic carbocycles. The van der Waals surface area contributed by atoms with E-state index in [2.05, 4.69) is 15.2 Å². The van der Waals surface area contributed by atoms with Gasteiger partial charge in [-0.1, -0.05) is 23.7 Å². The molecular formula is C22H16ClN3O4. The lowest BCUT2D eigenvalue weighted by Gasteiger charge is -2.22. The van der Waals surface area contributed by atoms with Crippen LogP contribution in [0.5, 0.6) is 0 Å². The van der Waals surface area contributed by atoms with E-state index >= 15 is 0 Å². The zero-order valence-corrected chi connectivity index (χ0v) is 16.6. The molecule has 0 saturated heterocycles. The number of Topliss-reactive ketones (excluding diaryl/α,β-unsaturated/α-hetero) is 1. The summed E-state index contributed by atoms with van der Waals surface area (Å²) in [5.74, 6) is -1.11. The Morgan fingerprint density at radius 1 is 1.17 bits per heavy atom. The molecule has 1 atom stereocenters. The van der Waals surface area contributed by atoms with Crippen molar-refractivity contribution in [1.82, 2.24) is 10.2 Å². The molecule has 1 aliphatic rings. The van der Waals surface area contributed by atoms with Gasteiger partial charge < -0.3 is 4.74 Å². The van der Waals surface area contributed by atoms with Crippen LogP contribution in [0.1, 0.15) is 26.4 Å². The van der Waals surface area contributed by atoms with Crippen LogP contribution in [-0.4, -0.2) is 40.8 Å². The highest BCUT2D eigenvalue weighted by molar-refractivity contribution is 6.30. The highest BCUT2D eigenvalue weighted by atomic mass is 35.5. The van der Waals surface area contributed by atoms with Gasteiger partial charge in [0.1, 0.15) is 5.54 Å². The Morgan fingerprint density at radius 2 is 1.93 bits per heavy atom. The molecule has 1 N–H and O–H groups in total. The van der Waals surface area contributed by atoms with E-state index in [-0.39, 0.29) is 23.1 Å². The molecule has 0 bridgehead atoms.